The lowest BCUT2D eigenvalue weighted by molar-refractivity contribution is 0.341. The van der Waals surface area contributed by atoms with Crippen LogP contribution in [0, 0.1) is 5.92 Å². The van der Waals surface area contributed by atoms with Gasteiger partial charge in [0.25, 0.3) is 0 Å². The van der Waals surface area contributed by atoms with Gasteiger partial charge in [0, 0.05) is 18.4 Å². The van der Waals surface area contributed by atoms with Gasteiger partial charge in [0.1, 0.15) is 0 Å². The molecule has 90 valence electrons. The molecule has 1 atom stereocenters. The lowest BCUT2D eigenvalue weighted by atomic mass is 9.89. The highest BCUT2D eigenvalue weighted by Gasteiger charge is 2.19. The van der Waals surface area contributed by atoms with E-state index in [2.05, 4.69) is 43.2 Å². The predicted octanol–water partition coefficient (Wildman–Crippen LogP) is 3.56. The Bertz CT molecular complexity index is 267. The monoisotopic (exact) mass is 220 g/mol. The average Bonchev–Trinajstić information content (AvgIpc) is 2.35. The fourth-order valence-corrected chi connectivity index (χ4v) is 2.19. The minimum atomic E-state index is 0.484. The smallest absolute Gasteiger partial charge is 0.0349 e. The SMILES string of the molecule is CCCNC(c1ccncc1)C(CC)CC. The van der Waals surface area contributed by atoms with Crippen LogP contribution in [0.1, 0.15) is 51.6 Å². The van der Waals surface area contributed by atoms with Crippen LogP contribution in [0.15, 0.2) is 24.5 Å². The molecule has 1 heterocycles. The van der Waals surface area contributed by atoms with Crippen molar-refractivity contribution in [2.45, 2.75) is 46.1 Å². The maximum Gasteiger partial charge on any atom is 0.0349 e. The lowest BCUT2D eigenvalue weighted by Gasteiger charge is -2.26. The summed E-state index contributed by atoms with van der Waals surface area (Å²) < 4.78 is 0. The zero-order valence-electron chi connectivity index (χ0n) is 10.7. The number of nitrogens with zero attached hydrogens (tertiary/aromatic N) is 1. The van der Waals surface area contributed by atoms with E-state index in [4.69, 9.17) is 0 Å². The molecule has 0 saturated carbocycles. The van der Waals surface area contributed by atoms with Crippen molar-refractivity contribution in [2.75, 3.05) is 6.54 Å². The Morgan fingerprint density at radius 2 is 1.75 bits per heavy atom. The number of hydrogen-bond acceptors (Lipinski definition) is 2. The second-order valence-electron chi connectivity index (χ2n) is 4.29. The van der Waals surface area contributed by atoms with Gasteiger partial charge in [-0.1, -0.05) is 33.6 Å². The summed E-state index contributed by atoms with van der Waals surface area (Å²) in [4.78, 5) is 4.09. The second-order valence-corrected chi connectivity index (χ2v) is 4.29. The number of pyridine rings is 1. The molecule has 1 unspecified atom stereocenters. The Morgan fingerprint density at radius 1 is 1.12 bits per heavy atom. The van der Waals surface area contributed by atoms with Crippen LogP contribution < -0.4 is 5.32 Å². The number of nitrogens with one attached hydrogen (secondary N) is 1. The van der Waals surface area contributed by atoms with Gasteiger partial charge in [-0.2, -0.15) is 0 Å². The van der Waals surface area contributed by atoms with Crippen molar-refractivity contribution >= 4 is 0 Å². The molecular formula is C14H24N2. The molecule has 0 amide bonds. The molecule has 1 aromatic heterocycles. The second kappa shape index (κ2) is 7.39. The first kappa shape index (κ1) is 13.2. The van der Waals surface area contributed by atoms with Crippen LogP contribution in [-0.4, -0.2) is 11.5 Å². The van der Waals surface area contributed by atoms with Crippen LogP contribution in [0.5, 0.6) is 0 Å². The largest absolute Gasteiger partial charge is 0.310 e. The summed E-state index contributed by atoms with van der Waals surface area (Å²) in [5, 5.41) is 3.66. The van der Waals surface area contributed by atoms with E-state index in [0.717, 1.165) is 6.54 Å². The Morgan fingerprint density at radius 3 is 2.25 bits per heavy atom. The highest BCUT2D eigenvalue weighted by atomic mass is 14.9. The molecule has 0 radical (unpaired) electrons. The maximum atomic E-state index is 4.09. The minimum absolute atomic E-state index is 0.484. The summed E-state index contributed by atoms with van der Waals surface area (Å²) in [6.45, 7) is 7.85. The van der Waals surface area contributed by atoms with Gasteiger partial charge in [0.05, 0.1) is 0 Å². The number of rotatable bonds is 7. The molecule has 1 rings (SSSR count). The number of hydrogen-bond donors (Lipinski definition) is 1. The van der Waals surface area contributed by atoms with E-state index in [1.807, 2.05) is 12.4 Å². The fraction of sp³-hybridized carbons (Fsp3) is 0.643. The molecule has 0 aliphatic carbocycles. The molecule has 2 nitrogen and oxygen atoms in total. The molecular weight excluding hydrogens is 196 g/mol. The summed E-state index contributed by atoms with van der Waals surface area (Å²) in [5.74, 6) is 0.717. The maximum absolute atomic E-state index is 4.09. The average molecular weight is 220 g/mol. The third kappa shape index (κ3) is 3.60. The highest BCUT2D eigenvalue weighted by molar-refractivity contribution is 5.16. The molecule has 0 aliphatic rings. The molecule has 1 aromatic rings. The van der Waals surface area contributed by atoms with Gasteiger partial charge >= 0.3 is 0 Å². The predicted molar refractivity (Wildman–Crippen MR) is 69.3 cm³/mol. The first-order valence-electron chi connectivity index (χ1n) is 6.46. The molecule has 2 heteroatoms. The van der Waals surface area contributed by atoms with Crippen molar-refractivity contribution in [3.05, 3.63) is 30.1 Å². The van der Waals surface area contributed by atoms with Crippen LogP contribution in [0.3, 0.4) is 0 Å². The van der Waals surface area contributed by atoms with E-state index >= 15 is 0 Å². The van der Waals surface area contributed by atoms with Crippen LogP contribution >= 0.6 is 0 Å². The van der Waals surface area contributed by atoms with Crippen molar-refractivity contribution in [3.63, 3.8) is 0 Å². The van der Waals surface area contributed by atoms with Crippen molar-refractivity contribution in [1.82, 2.24) is 10.3 Å². The zero-order chi connectivity index (χ0) is 11.8. The van der Waals surface area contributed by atoms with Crippen LogP contribution in [0.4, 0.5) is 0 Å². The first-order chi connectivity index (χ1) is 7.83. The van der Waals surface area contributed by atoms with Gasteiger partial charge in [0.2, 0.25) is 0 Å². The molecule has 0 spiro atoms. The van der Waals surface area contributed by atoms with Gasteiger partial charge < -0.3 is 5.32 Å². The number of aromatic nitrogens is 1. The third-order valence-corrected chi connectivity index (χ3v) is 3.20. The standard InChI is InChI=1S/C14H24N2/c1-4-9-16-14(12(5-2)6-3)13-7-10-15-11-8-13/h7-8,10-12,14,16H,4-6,9H2,1-3H3. The van der Waals surface area contributed by atoms with Crippen molar-refractivity contribution in [3.8, 4) is 0 Å². The van der Waals surface area contributed by atoms with Crippen LogP contribution in [0.25, 0.3) is 0 Å². The van der Waals surface area contributed by atoms with E-state index in [0.29, 0.717) is 12.0 Å². The van der Waals surface area contributed by atoms with Crippen molar-refractivity contribution in [2.24, 2.45) is 5.92 Å². The normalized spacial score (nSPS) is 13.0. The Kier molecular flexibility index (Phi) is 6.09. The van der Waals surface area contributed by atoms with Crippen molar-refractivity contribution < 1.29 is 0 Å². The molecule has 0 bridgehead atoms. The van der Waals surface area contributed by atoms with E-state index in [1.165, 1.54) is 24.8 Å². The Hall–Kier alpha value is -0.890. The van der Waals surface area contributed by atoms with E-state index < -0.39 is 0 Å². The zero-order valence-corrected chi connectivity index (χ0v) is 10.7. The van der Waals surface area contributed by atoms with Crippen LogP contribution in [-0.2, 0) is 0 Å². The summed E-state index contributed by atoms with van der Waals surface area (Å²) in [6.07, 6.45) is 7.40. The van der Waals surface area contributed by atoms with E-state index in [-0.39, 0.29) is 0 Å². The first-order valence-corrected chi connectivity index (χ1v) is 6.46. The van der Waals surface area contributed by atoms with Gasteiger partial charge in [-0.05, 0) is 36.6 Å². The van der Waals surface area contributed by atoms with Gasteiger partial charge in [0.15, 0.2) is 0 Å². The van der Waals surface area contributed by atoms with Crippen molar-refractivity contribution in [1.29, 1.82) is 0 Å². The third-order valence-electron chi connectivity index (χ3n) is 3.20. The summed E-state index contributed by atoms with van der Waals surface area (Å²) in [5.41, 5.74) is 1.37. The van der Waals surface area contributed by atoms with Crippen LogP contribution in [0.2, 0.25) is 0 Å². The summed E-state index contributed by atoms with van der Waals surface area (Å²) in [7, 11) is 0. The molecule has 0 fully saturated rings. The van der Waals surface area contributed by atoms with Gasteiger partial charge in [-0.3, -0.25) is 4.98 Å². The molecule has 1 N–H and O–H groups in total. The summed E-state index contributed by atoms with van der Waals surface area (Å²) >= 11 is 0. The van der Waals surface area contributed by atoms with E-state index in [9.17, 15) is 0 Å². The Balaban J connectivity index is 2.78. The van der Waals surface area contributed by atoms with E-state index in [1.54, 1.807) is 0 Å². The highest BCUT2D eigenvalue weighted by Crippen LogP contribution is 2.26. The quantitative estimate of drug-likeness (QED) is 0.760. The molecule has 0 saturated heterocycles. The fourth-order valence-electron chi connectivity index (χ4n) is 2.19. The Labute approximate surface area is 99.5 Å². The summed E-state index contributed by atoms with van der Waals surface area (Å²) in [6, 6.07) is 4.75. The van der Waals surface area contributed by atoms with Gasteiger partial charge in [-0.15, -0.1) is 0 Å². The molecule has 0 aromatic carbocycles. The lowest BCUT2D eigenvalue weighted by Crippen LogP contribution is -2.28. The topological polar surface area (TPSA) is 24.9 Å². The molecule has 16 heavy (non-hydrogen) atoms. The van der Waals surface area contributed by atoms with Gasteiger partial charge in [-0.25, -0.2) is 0 Å². The minimum Gasteiger partial charge on any atom is -0.310 e. The molecule has 0 aliphatic heterocycles.